The second-order valence-corrected chi connectivity index (χ2v) is 4.60. The van der Waals surface area contributed by atoms with E-state index >= 15 is 0 Å². The van der Waals surface area contributed by atoms with Crippen LogP contribution in [0.1, 0.15) is 40.5 Å². The molecule has 3 atom stereocenters. The zero-order valence-corrected chi connectivity index (χ0v) is 9.43. The Morgan fingerprint density at radius 1 is 1.54 bits per heavy atom. The van der Waals surface area contributed by atoms with E-state index in [0.29, 0.717) is 6.04 Å². The summed E-state index contributed by atoms with van der Waals surface area (Å²) in [5.41, 5.74) is 1.44. The molecule has 0 radical (unpaired) electrons. The fourth-order valence-electron chi connectivity index (χ4n) is 1.86. The van der Waals surface area contributed by atoms with Crippen LogP contribution in [0, 0.1) is 11.8 Å². The number of hydrogen-bond acceptors (Lipinski definition) is 1. The third kappa shape index (κ3) is 3.51. The van der Waals surface area contributed by atoms with Gasteiger partial charge >= 0.3 is 0 Å². The molecule has 1 aliphatic rings. The standard InChI is InChI=1S/C12H23N/c1-5-6-13-12(7-9(2)3)11-8-10(11)4/h7,10-13H,5-6,8H2,1-4H3. The molecule has 3 unspecified atom stereocenters. The Hall–Kier alpha value is -0.300. The lowest BCUT2D eigenvalue weighted by Gasteiger charge is -2.14. The Morgan fingerprint density at radius 3 is 2.54 bits per heavy atom. The quantitative estimate of drug-likeness (QED) is 0.643. The van der Waals surface area contributed by atoms with Crippen molar-refractivity contribution in [2.75, 3.05) is 6.54 Å². The molecule has 1 saturated carbocycles. The molecule has 1 rings (SSSR count). The van der Waals surface area contributed by atoms with E-state index in [1.54, 1.807) is 0 Å². The summed E-state index contributed by atoms with van der Waals surface area (Å²) in [6.45, 7) is 10.1. The molecule has 0 saturated heterocycles. The van der Waals surface area contributed by atoms with Crippen molar-refractivity contribution in [3.05, 3.63) is 11.6 Å². The van der Waals surface area contributed by atoms with Crippen molar-refractivity contribution in [3.8, 4) is 0 Å². The van der Waals surface area contributed by atoms with Crippen molar-refractivity contribution in [2.45, 2.75) is 46.6 Å². The molecular weight excluding hydrogens is 158 g/mol. The van der Waals surface area contributed by atoms with Gasteiger partial charge in [0.25, 0.3) is 0 Å². The molecule has 1 fully saturated rings. The van der Waals surface area contributed by atoms with Gasteiger partial charge in [-0.05, 0) is 45.1 Å². The smallest absolute Gasteiger partial charge is 0.0283 e. The average molecular weight is 181 g/mol. The topological polar surface area (TPSA) is 12.0 Å². The van der Waals surface area contributed by atoms with Crippen molar-refractivity contribution in [1.82, 2.24) is 5.32 Å². The van der Waals surface area contributed by atoms with Gasteiger partial charge in [0, 0.05) is 6.04 Å². The summed E-state index contributed by atoms with van der Waals surface area (Å²) in [6, 6.07) is 0.639. The van der Waals surface area contributed by atoms with Gasteiger partial charge in [0.2, 0.25) is 0 Å². The molecule has 0 spiro atoms. The summed E-state index contributed by atoms with van der Waals surface area (Å²) in [5, 5.41) is 3.62. The normalized spacial score (nSPS) is 28.3. The Kier molecular flexibility index (Phi) is 3.98. The minimum atomic E-state index is 0.639. The zero-order chi connectivity index (χ0) is 9.84. The zero-order valence-electron chi connectivity index (χ0n) is 9.43. The third-order valence-electron chi connectivity index (χ3n) is 2.78. The predicted molar refractivity (Wildman–Crippen MR) is 58.8 cm³/mol. The van der Waals surface area contributed by atoms with Crippen LogP contribution in [0.15, 0.2) is 11.6 Å². The van der Waals surface area contributed by atoms with Gasteiger partial charge in [0.15, 0.2) is 0 Å². The van der Waals surface area contributed by atoms with Gasteiger partial charge in [-0.1, -0.05) is 25.5 Å². The second kappa shape index (κ2) is 4.80. The number of allylic oxidation sites excluding steroid dienone is 1. The van der Waals surface area contributed by atoms with Crippen LogP contribution in [-0.2, 0) is 0 Å². The molecule has 1 N–H and O–H groups in total. The second-order valence-electron chi connectivity index (χ2n) is 4.60. The Bertz CT molecular complexity index is 180. The summed E-state index contributed by atoms with van der Waals surface area (Å²) < 4.78 is 0. The van der Waals surface area contributed by atoms with E-state index in [-0.39, 0.29) is 0 Å². The first-order valence-electron chi connectivity index (χ1n) is 5.53. The van der Waals surface area contributed by atoms with Crippen LogP contribution >= 0.6 is 0 Å². The minimum Gasteiger partial charge on any atom is -0.310 e. The highest BCUT2D eigenvalue weighted by molar-refractivity contribution is 5.08. The third-order valence-corrected chi connectivity index (χ3v) is 2.78. The monoisotopic (exact) mass is 181 g/mol. The predicted octanol–water partition coefficient (Wildman–Crippen LogP) is 2.98. The van der Waals surface area contributed by atoms with Gasteiger partial charge in [-0.2, -0.15) is 0 Å². The fraction of sp³-hybridized carbons (Fsp3) is 0.833. The van der Waals surface area contributed by atoms with E-state index in [1.165, 1.54) is 18.4 Å². The molecule has 13 heavy (non-hydrogen) atoms. The van der Waals surface area contributed by atoms with Crippen molar-refractivity contribution in [1.29, 1.82) is 0 Å². The summed E-state index contributed by atoms with van der Waals surface area (Å²) >= 11 is 0. The number of hydrogen-bond donors (Lipinski definition) is 1. The fourth-order valence-corrected chi connectivity index (χ4v) is 1.86. The molecule has 0 amide bonds. The van der Waals surface area contributed by atoms with Crippen LogP contribution in [0.5, 0.6) is 0 Å². The lowest BCUT2D eigenvalue weighted by atomic mass is 10.1. The Labute approximate surface area is 82.6 Å². The van der Waals surface area contributed by atoms with Crippen LogP contribution in [0.25, 0.3) is 0 Å². The molecule has 0 aromatic rings. The van der Waals surface area contributed by atoms with Crippen LogP contribution in [0.2, 0.25) is 0 Å². The minimum absolute atomic E-state index is 0.639. The molecule has 0 bridgehead atoms. The van der Waals surface area contributed by atoms with E-state index in [4.69, 9.17) is 0 Å². The molecule has 0 aliphatic heterocycles. The molecule has 1 nitrogen and oxygen atoms in total. The van der Waals surface area contributed by atoms with Crippen LogP contribution in [-0.4, -0.2) is 12.6 Å². The van der Waals surface area contributed by atoms with Gasteiger partial charge in [-0.25, -0.2) is 0 Å². The lowest BCUT2D eigenvalue weighted by Crippen LogP contribution is -2.30. The molecule has 1 aliphatic carbocycles. The lowest BCUT2D eigenvalue weighted by molar-refractivity contribution is 0.515. The molecule has 0 aromatic carbocycles. The molecule has 76 valence electrons. The first-order chi connectivity index (χ1) is 6.15. The van der Waals surface area contributed by atoms with Gasteiger partial charge in [-0.15, -0.1) is 0 Å². The Balaban J connectivity index is 2.40. The van der Waals surface area contributed by atoms with Crippen molar-refractivity contribution in [3.63, 3.8) is 0 Å². The van der Waals surface area contributed by atoms with E-state index in [2.05, 4.69) is 39.1 Å². The van der Waals surface area contributed by atoms with Gasteiger partial charge in [-0.3, -0.25) is 0 Å². The summed E-state index contributed by atoms with van der Waals surface area (Å²) in [7, 11) is 0. The van der Waals surface area contributed by atoms with Gasteiger partial charge in [0.05, 0.1) is 0 Å². The average Bonchev–Trinajstić information content (AvgIpc) is 2.75. The highest BCUT2D eigenvalue weighted by Gasteiger charge is 2.37. The summed E-state index contributed by atoms with van der Waals surface area (Å²) in [5.74, 6) is 1.84. The van der Waals surface area contributed by atoms with Crippen molar-refractivity contribution >= 4 is 0 Å². The maximum atomic E-state index is 3.62. The van der Waals surface area contributed by atoms with Gasteiger partial charge in [0.1, 0.15) is 0 Å². The van der Waals surface area contributed by atoms with Crippen LogP contribution < -0.4 is 5.32 Å². The highest BCUT2D eigenvalue weighted by atomic mass is 14.9. The van der Waals surface area contributed by atoms with Crippen molar-refractivity contribution < 1.29 is 0 Å². The maximum Gasteiger partial charge on any atom is 0.0283 e. The molecule has 1 heteroatoms. The molecular formula is C12H23N. The van der Waals surface area contributed by atoms with E-state index in [9.17, 15) is 0 Å². The van der Waals surface area contributed by atoms with Crippen LogP contribution in [0.4, 0.5) is 0 Å². The molecule has 0 heterocycles. The maximum absolute atomic E-state index is 3.62. The number of rotatable bonds is 5. The SMILES string of the molecule is CCCNC(C=C(C)C)C1CC1C. The summed E-state index contributed by atoms with van der Waals surface area (Å²) in [6.07, 6.45) is 5.03. The Morgan fingerprint density at radius 2 is 2.15 bits per heavy atom. The van der Waals surface area contributed by atoms with Crippen LogP contribution in [0.3, 0.4) is 0 Å². The van der Waals surface area contributed by atoms with E-state index in [0.717, 1.165) is 18.4 Å². The van der Waals surface area contributed by atoms with E-state index in [1.807, 2.05) is 0 Å². The van der Waals surface area contributed by atoms with Crippen molar-refractivity contribution in [2.24, 2.45) is 11.8 Å². The largest absolute Gasteiger partial charge is 0.310 e. The van der Waals surface area contributed by atoms with Gasteiger partial charge < -0.3 is 5.32 Å². The summed E-state index contributed by atoms with van der Waals surface area (Å²) in [4.78, 5) is 0. The highest BCUT2D eigenvalue weighted by Crippen LogP contribution is 2.41. The first-order valence-corrected chi connectivity index (χ1v) is 5.53. The first kappa shape index (κ1) is 10.8. The number of nitrogens with one attached hydrogen (secondary N) is 1. The molecule has 0 aromatic heterocycles. The van der Waals surface area contributed by atoms with E-state index < -0.39 is 0 Å².